The molecule has 0 heterocycles. The fourth-order valence-corrected chi connectivity index (χ4v) is 1.76. The van der Waals surface area contributed by atoms with E-state index in [0.717, 1.165) is 6.42 Å². The molecule has 1 aromatic rings. The second-order valence-corrected chi connectivity index (χ2v) is 4.07. The molecule has 0 aromatic heterocycles. The summed E-state index contributed by atoms with van der Waals surface area (Å²) in [5.41, 5.74) is -0.0523. The number of benzene rings is 1. The minimum Gasteiger partial charge on any atom is -0.385 e. The van der Waals surface area contributed by atoms with Crippen molar-refractivity contribution in [1.82, 2.24) is 0 Å². The van der Waals surface area contributed by atoms with Crippen LogP contribution in [0.3, 0.4) is 0 Å². The first-order valence-electron chi connectivity index (χ1n) is 4.22. The monoisotopic (exact) mass is 200 g/mol. The van der Waals surface area contributed by atoms with Crippen molar-refractivity contribution < 1.29 is 9.50 Å². The predicted octanol–water partition coefficient (Wildman–Crippen LogP) is 2.71. The highest BCUT2D eigenvalue weighted by atomic mass is 35.5. The van der Waals surface area contributed by atoms with Gasteiger partial charge < -0.3 is 5.11 Å². The zero-order chi connectivity index (χ0) is 9.64. The van der Waals surface area contributed by atoms with Gasteiger partial charge in [0.15, 0.2) is 0 Å². The maximum Gasteiger partial charge on any atom is 0.141 e. The summed E-state index contributed by atoms with van der Waals surface area (Å²) in [6.07, 6.45) is 0.731. The van der Waals surface area contributed by atoms with E-state index in [4.69, 9.17) is 11.6 Å². The van der Waals surface area contributed by atoms with Crippen LogP contribution < -0.4 is 0 Å². The second-order valence-electron chi connectivity index (χ2n) is 3.66. The highest BCUT2D eigenvalue weighted by molar-refractivity contribution is 6.30. The van der Waals surface area contributed by atoms with Gasteiger partial charge in [0.2, 0.25) is 0 Å². The van der Waals surface area contributed by atoms with Gasteiger partial charge in [0.25, 0.3) is 0 Å². The van der Waals surface area contributed by atoms with Gasteiger partial charge in [-0.3, -0.25) is 0 Å². The largest absolute Gasteiger partial charge is 0.385 e. The lowest BCUT2D eigenvalue weighted by Gasteiger charge is -2.09. The van der Waals surface area contributed by atoms with E-state index in [0.29, 0.717) is 5.56 Å². The van der Waals surface area contributed by atoms with Crippen LogP contribution in [-0.4, -0.2) is 5.11 Å². The summed E-state index contributed by atoms with van der Waals surface area (Å²) in [5, 5.41) is 9.98. The van der Waals surface area contributed by atoms with Crippen LogP contribution in [0.15, 0.2) is 18.2 Å². The van der Waals surface area contributed by atoms with Crippen molar-refractivity contribution in [1.29, 1.82) is 0 Å². The lowest BCUT2D eigenvalue weighted by atomic mass is 10.1. The van der Waals surface area contributed by atoms with Crippen LogP contribution in [0.25, 0.3) is 0 Å². The van der Waals surface area contributed by atoms with Gasteiger partial charge >= 0.3 is 0 Å². The van der Waals surface area contributed by atoms with Gasteiger partial charge in [-0.2, -0.15) is 0 Å². The van der Waals surface area contributed by atoms with Crippen molar-refractivity contribution in [2.75, 3.05) is 0 Å². The van der Waals surface area contributed by atoms with Gasteiger partial charge in [-0.1, -0.05) is 24.6 Å². The molecule has 1 saturated carbocycles. The summed E-state index contributed by atoms with van der Waals surface area (Å²) in [7, 11) is 0. The van der Waals surface area contributed by atoms with Gasteiger partial charge in [0, 0.05) is 0 Å². The molecule has 1 aliphatic rings. The first kappa shape index (κ1) is 8.97. The molecule has 0 aliphatic heterocycles. The summed E-state index contributed by atoms with van der Waals surface area (Å²) in [5.74, 6) is -0.198. The third-order valence-corrected chi connectivity index (χ3v) is 2.98. The van der Waals surface area contributed by atoms with Crippen LogP contribution in [0.4, 0.5) is 4.39 Å². The molecule has 0 saturated heterocycles. The lowest BCUT2D eigenvalue weighted by molar-refractivity contribution is 0.134. The SMILES string of the molecule is CC1CC1(O)c1ccc(F)c(Cl)c1. The van der Waals surface area contributed by atoms with E-state index in [2.05, 4.69) is 0 Å². The molecule has 3 heteroatoms. The molecule has 0 bridgehead atoms. The average molecular weight is 201 g/mol. The van der Waals surface area contributed by atoms with Crippen molar-refractivity contribution in [3.63, 3.8) is 0 Å². The summed E-state index contributed by atoms with van der Waals surface area (Å²) >= 11 is 5.61. The molecule has 1 aromatic carbocycles. The summed E-state index contributed by atoms with van der Waals surface area (Å²) in [6.45, 7) is 1.96. The van der Waals surface area contributed by atoms with Crippen molar-refractivity contribution in [2.45, 2.75) is 18.9 Å². The lowest BCUT2D eigenvalue weighted by Crippen LogP contribution is -2.07. The molecule has 1 N–H and O–H groups in total. The van der Waals surface area contributed by atoms with E-state index >= 15 is 0 Å². The quantitative estimate of drug-likeness (QED) is 0.739. The fraction of sp³-hybridized carbons (Fsp3) is 0.400. The standard InChI is InChI=1S/C10H10ClFO/c1-6-5-10(6,13)7-2-3-9(12)8(11)4-7/h2-4,6,13H,5H2,1H3. The van der Waals surface area contributed by atoms with E-state index in [1.54, 1.807) is 6.07 Å². The van der Waals surface area contributed by atoms with Gasteiger partial charge in [-0.15, -0.1) is 0 Å². The number of hydrogen-bond donors (Lipinski definition) is 1. The molecule has 1 nitrogen and oxygen atoms in total. The third-order valence-electron chi connectivity index (χ3n) is 2.69. The highest BCUT2D eigenvalue weighted by Gasteiger charge is 2.51. The minimum atomic E-state index is -0.767. The zero-order valence-electron chi connectivity index (χ0n) is 7.22. The molecule has 0 spiro atoms. The molecule has 2 unspecified atom stereocenters. The highest BCUT2D eigenvalue weighted by Crippen LogP contribution is 2.51. The second kappa shape index (κ2) is 2.69. The Morgan fingerprint density at radius 2 is 2.23 bits per heavy atom. The minimum absolute atomic E-state index is 0.0741. The van der Waals surface area contributed by atoms with Crippen LogP contribution in [0.1, 0.15) is 18.9 Å². The molecule has 70 valence electrons. The third kappa shape index (κ3) is 1.34. The first-order valence-corrected chi connectivity index (χ1v) is 4.60. The zero-order valence-corrected chi connectivity index (χ0v) is 7.98. The average Bonchev–Trinajstić information content (AvgIpc) is 2.67. The van der Waals surface area contributed by atoms with Gasteiger partial charge in [-0.05, 0) is 30.0 Å². The fourth-order valence-electron chi connectivity index (χ4n) is 1.58. The Morgan fingerprint density at radius 3 is 2.69 bits per heavy atom. The molecule has 0 radical (unpaired) electrons. The molecule has 1 fully saturated rings. The molecule has 13 heavy (non-hydrogen) atoms. The normalized spacial score (nSPS) is 31.8. The number of hydrogen-bond acceptors (Lipinski definition) is 1. The predicted molar refractivity (Wildman–Crippen MR) is 49.1 cm³/mol. The molecular formula is C10H10ClFO. The number of aliphatic hydroxyl groups is 1. The van der Waals surface area contributed by atoms with E-state index < -0.39 is 11.4 Å². The Balaban J connectivity index is 2.38. The molecule has 2 atom stereocenters. The summed E-state index contributed by atoms with van der Waals surface area (Å²) in [6, 6.07) is 4.38. The Morgan fingerprint density at radius 1 is 1.62 bits per heavy atom. The van der Waals surface area contributed by atoms with E-state index in [-0.39, 0.29) is 10.9 Å². The molecule has 1 aliphatic carbocycles. The summed E-state index contributed by atoms with van der Waals surface area (Å²) < 4.78 is 12.8. The van der Waals surface area contributed by atoms with Crippen molar-refractivity contribution in [3.8, 4) is 0 Å². The van der Waals surface area contributed by atoms with Gasteiger partial charge in [0.05, 0.1) is 10.6 Å². The molecule has 0 amide bonds. The number of halogens is 2. The van der Waals surface area contributed by atoms with E-state index in [1.165, 1.54) is 12.1 Å². The van der Waals surface area contributed by atoms with Crippen LogP contribution in [0.5, 0.6) is 0 Å². The molecule has 2 rings (SSSR count). The maximum absolute atomic E-state index is 12.8. The smallest absolute Gasteiger partial charge is 0.141 e. The maximum atomic E-state index is 12.8. The molecular weight excluding hydrogens is 191 g/mol. The van der Waals surface area contributed by atoms with E-state index in [9.17, 15) is 9.50 Å². The first-order chi connectivity index (χ1) is 6.04. The van der Waals surface area contributed by atoms with Gasteiger partial charge in [0.1, 0.15) is 5.82 Å². The number of rotatable bonds is 1. The topological polar surface area (TPSA) is 20.2 Å². The van der Waals surface area contributed by atoms with Crippen LogP contribution in [0, 0.1) is 11.7 Å². The van der Waals surface area contributed by atoms with Crippen molar-refractivity contribution in [2.24, 2.45) is 5.92 Å². The Bertz CT molecular complexity index is 353. The Labute approximate surface area is 81.1 Å². The van der Waals surface area contributed by atoms with Crippen LogP contribution >= 0.6 is 11.6 Å². The Kier molecular flexibility index (Phi) is 1.86. The van der Waals surface area contributed by atoms with E-state index in [1.807, 2.05) is 6.92 Å². The van der Waals surface area contributed by atoms with Crippen LogP contribution in [-0.2, 0) is 5.60 Å². The summed E-state index contributed by atoms with van der Waals surface area (Å²) in [4.78, 5) is 0. The van der Waals surface area contributed by atoms with Crippen molar-refractivity contribution >= 4 is 11.6 Å². The van der Waals surface area contributed by atoms with Gasteiger partial charge in [-0.25, -0.2) is 4.39 Å². The Hall–Kier alpha value is -0.600. The van der Waals surface area contributed by atoms with Crippen LogP contribution in [0.2, 0.25) is 5.02 Å². The van der Waals surface area contributed by atoms with Crippen molar-refractivity contribution in [3.05, 3.63) is 34.6 Å².